The number of ether oxygens (including phenoxy) is 3. The molecule has 132 valence electrons. The Balaban J connectivity index is 2.30. The molecule has 0 aliphatic rings. The molecule has 0 radical (unpaired) electrons. The SMILES string of the molecule is COC(=O)CCC/C=C(/c1ccc(OC)c(OC)c1)c1cnccn1. The molecule has 0 bridgehead atoms. The van der Waals surface area contributed by atoms with Crippen molar-refractivity contribution in [2.75, 3.05) is 21.3 Å². The number of hydrogen-bond acceptors (Lipinski definition) is 6. The summed E-state index contributed by atoms with van der Waals surface area (Å²) in [5, 5.41) is 0. The Hall–Kier alpha value is -2.89. The first kappa shape index (κ1) is 18.4. The molecule has 6 nitrogen and oxygen atoms in total. The molecule has 0 unspecified atom stereocenters. The van der Waals surface area contributed by atoms with Gasteiger partial charge >= 0.3 is 5.97 Å². The van der Waals surface area contributed by atoms with Gasteiger partial charge < -0.3 is 14.2 Å². The maximum Gasteiger partial charge on any atom is 0.305 e. The second kappa shape index (κ2) is 9.42. The van der Waals surface area contributed by atoms with Crippen molar-refractivity contribution in [3.05, 3.63) is 54.1 Å². The number of carbonyl (C=O) groups is 1. The third-order valence-electron chi connectivity index (χ3n) is 3.69. The average Bonchev–Trinajstić information content (AvgIpc) is 2.67. The van der Waals surface area contributed by atoms with Gasteiger partial charge in [0.05, 0.1) is 33.2 Å². The van der Waals surface area contributed by atoms with E-state index < -0.39 is 0 Å². The van der Waals surface area contributed by atoms with E-state index in [2.05, 4.69) is 14.7 Å². The van der Waals surface area contributed by atoms with Gasteiger partial charge in [-0.15, -0.1) is 0 Å². The maximum atomic E-state index is 11.3. The van der Waals surface area contributed by atoms with Crippen LogP contribution in [0.4, 0.5) is 0 Å². The van der Waals surface area contributed by atoms with Gasteiger partial charge in [0.15, 0.2) is 11.5 Å². The molecular formula is C19H22N2O4. The minimum atomic E-state index is -0.208. The molecule has 2 rings (SSSR count). The monoisotopic (exact) mass is 342 g/mol. The first-order chi connectivity index (χ1) is 12.2. The van der Waals surface area contributed by atoms with Gasteiger partial charge in [-0.3, -0.25) is 14.8 Å². The van der Waals surface area contributed by atoms with Crippen molar-refractivity contribution < 1.29 is 19.0 Å². The lowest BCUT2D eigenvalue weighted by atomic mass is 10.00. The molecule has 1 aromatic carbocycles. The molecule has 6 heteroatoms. The number of aromatic nitrogens is 2. The lowest BCUT2D eigenvalue weighted by molar-refractivity contribution is -0.140. The Morgan fingerprint density at radius 1 is 1.12 bits per heavy atom. The van der Waals surface area contributed by atoms with E-state index in [1.54, 1.807) is 32.8 Å². The van der Waals surface area contributed by atoms with Gasteiger partial charge in [-0.2, -0.15) is 0 Å². The number of benzene rings is 1. The molecule has 0 saturated heterocycles. The fourth-order valence-electron chi connectivity index (χ4n) is 2.41. The number of unbranched alkanes of at least 4 members (excludes halogenated alkanes) is 1. The highest BCUT2D eigenvalue weighted by Crippen LogP contribution is 2.32. The van der Waals surface area contributed by atoms with Gasteiger partial charge in [-0.05, 0) is 30.5 Å². The number of methoxy groups -OCH3 is 3. The van der Waals surface area contributed by atoms with Gasteiger partial charge in [-0.1, -0.05) is 12.1 Å². The highest BCUT2D eigenvalue weighted by molar-refractivity contribution is 5.78. The van der Waals surface area contributed by atoms with Crippen LogP contribution >= 0.6 is 0 Å². The van der Waals surface area contributed by atoms with E-state index in [-0.39, 0.29) is 5.97 Å². The minimum absolute atomic E-state index is 0.208. The second-order valence-electron chi connectivity index (χ2n) is 5.25. The van der Waals surface area contributed by atoms with Gasteiger partial charge in [0.25, 0.3) is 0 Å². The zero-order valence-corrected chi connectivity index (χ0v) is 14.7. The van der Waals surface area contributed by atoms with E-state index in [4.69, 9.17) is 9.47 Å². The molecule has 0 spiro atoms. The third kappa shape index (κ3) is 5.04. The van der Waals surface area contributed by atoms with Gasteiger partial charge in [0.1, 0.15) is 0 Å². The molecule has 0 aliphatic heterocycles. The third-order valence-corrected chi connectivity index (χ3v) is 3.69. The lowest BCUT2D eigenvalue weighted by Crippen LogP contribution is -1.99. The van der Waals surface area contributed by atoms with Gasteiger partial charge in [0.2, 0.25) is 0 Å². The van der Waals surface area contributed by atoms with E-state index in [1.165, 1.54) is 7.11 Å². The molecule has 2 aromatic rings. The molecule has 0 fully saturated rings. The highest BCUT2D eigenvalue weighted by Gasteiger charge is 2.11. The second-order valence-corrected chi connectivity index (χ2v) is 5.25. The fraction of sp³-hybridized carbons (Fsp3) is 0.316. The number of nitrogens with zero attached hydrogens (tertiary/aromatic N) is 2. The zero-order valence-electron chi connectivity index (χ0n) is 14.7. The standard InChI is InChI=1S/C19H22N2O4/c1-23-17-9-8-14(12-18(17)24-2)15(16-13-20-10-11-21-16)6-4-5-7-19(22)25-3/h6,8-13H,4-5,7H2,1-3H3/b15-6-. The van der Waals surface area contributed by atoms with E-state index >= 15 is 0 Å². The number of esters is 1. The van der Waals surface area contributed by atoms with Crippen molar-refractivity contribution in [3.63, 3.8) is 0 Å². The van der Waals surface area contributed by atoms with E-state index in [1.807, 2.05) is 24.3 Å². The lowest BCUT2D eigenvalue weighted by Gasteiger charge is -2.12. The molecule has 0 atom stereocenters. The number of carbonyl (C=O) groups excluding carboxylic acids is 1. The maximum absolute atomic E-state index is 11.3. The van der Waals surface area contributed by atoms with Crippen LogP contribution in [0.3, 0.4) is 0 Å². The smallest absolute Gasteiger partial charge is 0.305 e. The van der Waals surface area contributed by atoms with Gasteiger partial charge in [0, 0.05) is 24.4 Å². The van der Waals surface area contributed by atoms with Crippen LogP contribution in [0, 0.1) is 0 Å². The largest absolute Gasteiger partial charge is 0.493 e. The summed E-state index contributed by atoms with van der Waals surface area (Å²) in [7, 11) is 4.60. The molecule has 0 saturated carbocycles. The minimum Gasteiger partial charge on any atom is -0.493 e. The van der Waals surface area contributed by atoms with Crippen LogP contribution in [-0.2, 0) is 9.53 Å². The van der Waals surface area contributed by atoms with Crippen LogP contribution in [-0.4, -0.2) is 37.3 Å². The molecule has 1 heterocycles. The first-order valence-electron chi connectivity index (χ1n) is 7.95. The summed E-state index contributed by atoms with van der Waals surface area (Å²) in [5.41, 5.74) is 2.63. The van der Waals surface area contributed by atoms with Crippen LogP contribution in [0.15, 0.2) is 42.9 Å². The van der Waals surface area contributed by atoms with E-state index in [0.29, 0.717) is 24.3 Å². The summed E-state index contributed by atoms with van der Waals surface area (Å²) >= 11 is 0. The Bertz CT molecular complexity index is 729. The Labute approximate surface area is 147 Å². The summed E-state index contributed by atoms with van der Waals surface area (Å²) in [4.78, 5) is 19.8. The normalized spacial score (nSPS) is 11.1. The molecular weight excluding hydrogens is 320 g/mol. The summed E-state index contributed by atoms with van der Waals surface area (Å²) < 4.78 is 15.3. The molecule has 0 N–H and O–H groups in total. The topological polar surface area (TPSA) is 70.5 Å². The predicted octanol–water partition coefficient (Wildman–Crippen LogP) is 3.27. The van der Waals surface area contributed by atoms with Crippen molar-refractivity contribution in [1.29, 1.82) is 0 Å². The fourth-order valence-corrected chi connectivity index (χ4v) is 2.41. The Kier molecular flexibility index (Phi) is 6.95. The van der Waals surface area contributed by atoms with Crippen molar-refractivity contribution in [1.82, 2.24) is 9.97 Å². The summed E-state index contributed by atoms with van der Waals surface area (Å²) in [6, 6.07) is 5.70. The first-order valence-corrected chi connectivity index (χ1v) is 7.95. The molecule has 0 amide bonds. The zero-order chi connectivity index (χ0) is 18.1. The van der Waals surface area contributed by atoms with E-state index in [0.717, 1.165) is 23.3 Å². The van der Waals surface area contributed by atoms with Crippen molar-refractivity contribution in [2.45, 2.75) is 19.3 Å². The highest BCUT2D eigenvalue weighted by atomic mass is 16.5. The quantitative estimate of drug-likeness (QED) is 0.542. The number of hydrogen-bond donors (Lipinski definition) is 0. The van der Waals surface area contributed by atoms with Crippen LogP contribution in [0.2, 0.25) is 0 Å². The number of allylic oxidation sites excluding steroid dienone is 1. The average molecular weight is 342 g/mol. The molecule has 0 aliphatic carbocycles. The summed E-state index contributed by atoms with van der Waals surface area (Å²) in [6.45, 7) is 0. The van der Waals surface area contributed by atoms with Gasteiger partial charge in [-0.25, -0.2) is 0 Å². The van der Waals surface area contributed by atoms with Crippen molar-refractivity contribution in [3.8, 4) is 11.5 Å². The summed E-state index contributed by atoms with van der Waals surface area (Å²) in [6.07, 6.45) is 8.84. The van der Waals surface area contributed by atoms with Crippen LogP contribution in [0.1, 0.15) is 30.5 Å². The summed E-state index contributed by atoms with van der Waals surface area (Å²) in [5.74, 6) is 1.10. The molecule has 1 aromatic heterocycles. The molecule has 25 heavy (non-hydrogen) atoms. The van der Waals surface area contributed by atoms with Crippen LogP contribution in [0.25, 0.3) is 5.57 Å². The Morgan fingerprint density at radius 2 is 1.92 bits per heavy atom. The van der Waals surface area contributed by atoms with Crippen LogP contribution in [0.5, 0.6) is 11.5 Å². The van der Waals surface area contributed by atoms with Crippen LogP contribution < -0.4 is 9.47 Å². The van der Waals surface area contributed by atoms with Crippen molar-refractivity contribution in [2.24, 2.45) is 0 Å². The van der Waals surface area contributed by atoms with Crippen molar-refractivity contribution >= 4 is 11.5 Å². The number of rotatable bonds is 8. The predicted molar refractivity (Wildman–Crippen MR) is 94.5 cm³/mol. The van der Waals surface area contributed by atoms with E-state index in [9.17, 15) is 4.79 Å². The Morgan fingerprint density at radius 3 is 2.56 bits per heavy atom.